The summed E-state index contributed by atoms with van der Waals surface area (Å²) in [5, 5.41) is 5.42. The molecule has 0 bridgehead atoms. The van der Waals surface area contributed by atoms with Gasteiger partial charge in [-0.15, -0.1) is 0 Å². The lowest BCUT2D eigenvalue weighted by Crippen LogP contribution is -2.55. The van der Waals surface area contributed by atoms with Gasteiger partial charge in [-0.3, -0.25) is 14.4 Å². The van der Waals surface area contributed by atoms with Gasteiger partial charge in [0, 0.05) is 0 Å². The monoisotopic (exact) mass is 390 g/mol. The number of carbonyl (C=O) groups is 3. The molecule has 1 aromatic carbocycles. The minimum atomic E-state index is -0.767. The molecule has 3 atom stereocenters. The van der Waals surface area contributed by atoms with Crippen molar-refractivity contribution >= 4 is 17.7 Å². The molecule has 28 heavy (non-hydrogen) atoms. The molecule has 156 valence electrons. The highest BCUT2D eigenvalue weighted by Gasteiger charge is 2.27. The van der Waals surface area contributed by atoms with Gasteiger partial charge in [0.15, 0.2) is 0 Å². The van der Waals surface area contributed by atoms with Crippen LogP contribution in [0.5, 0.6) is 0 Å². The second-order valence-electron chi connectivity index (χ2n) is 7.59. The third-order valence-corrected chi connectivity index (χ3v) is 4.48. The Balaban J connectivity index is 2.75. The van der Waals surface area contributed by atoms with Crippen LogP contribution in [0.25, 0.3) is 0 Å². The Morgan fingerprint density at radius 2 is 1.61 bits per heavy atom. The van der Waals surface area contributed by atoms with Gasteiger partial charge in [-0.1, -0.05) is 63.9 Å². The molecule has 7 heteroatoms. The van der Waals surface area contributed by atoms with Gasteiger partial charge in [0.2, 0.25) is 17.7 Å². The van der Waals surface area contributed by atoms with Crippen LogP contribution in [0.4, 0.5) is 0 Å². The highest BCUT2D eigenvalue weighted by molar-refractivity contribution is 5.92. The second-order valence-corrected chi connectivity index (χ2v) is 7.59. The third-order valence-electron chi connectivity index (χ3n) is 4.48. The SMILES string of the molecule is CCCC[C@H](NC(=O)[C@H](CC(C)C)NC(=O)[C@H](N)Cc1ccccc1)C(N)=O. The van der Waals surface area contributed by atoms with E-state index in [2.05, 4.69) is 10.6 Å². The first-order valence-corrected chi connectivity index (χ1v) is 9.94. The van der Waals surface area contributed by atoms with Crippen LogP contribution in [-0.2, 0) is 20.8 Å². The molecule has 0 saturated carbocycles. The number of carbonyl (C=O) groups excluding carboxylic acids is 3. The average molecular weight is 391 g/mol. The van der Waals surface area contributed by atoms with Crippen LogP contribution in [-0.4, -0.2) is 35.8 Å². The fourth-order valence-corrected chi connectivity index (χ4v) is 2.91. The molecule has 0 aliphatic heterocycles. The van der Waals surface area contributed by atoms with E-state index in [-0.39, 0.29) is 5.92 Å². The highest BCUT2D eigenvalue weighted by Crippen LogP contribution is 2.08. The minimum absolute atomic E-state index is 0.170. The maximum Gasteiger partial charge on any atom is 0.243 e. The van der Waals surface area contributed by atoms with E-state index in [0.29, 0.717) is 19.3 Å². The van der Waals surface area contributed by atoms with E-state index in [1.54, 1.807) is 0 Å². The van der Waals surface area contributed by atoms with Gasteiger partial charge in [0.1, 0.15) is 12.1 Å². The summed E-state index contributed by atoms with van der Waals surface area (Å²) >= 11 is 0. The molecule has 0 aliphatic rings. The third kappa shape index (κ3) is 8.52. The number of nitrogens with two attached hydrogens (primary N) is 2. The number of hydrogen-bond acceptors (Lipinski definition) is 4. The summed E-state index contributed by atoms with van der Waals surface area (Å²) in [7, 11) is 0. The van der Waals surface area contributed by atoms with E-state index in [1.165, 1.54) is 0 Å². The Morgan fingerprint density at radius 1 is 1.00 bits per heavy atom. The van der Waals surface area contributed by atoms with Gasteiger partial charge in [0.25, 0.3) is 0 Å². The molecular formula is C21H34N4O3. The molecule has 1 rings (SSSR count). The van der Waals surface area contributed by atoms with Crippen LogP contribution < -0.4 is 22.1 Å². The van der Waals surface area contributed by atoms with E-state index >= 15 is 0 Å². The summed E-state index contributed by atoms with van der Waals surface area (Å²) in [6.07, 6.45) is 2.96. The number of primary amides is 1. The van der Waals surface area contributed by atoms with E-state index in [1.807, 2.05) is 51.1 Å². The zero-order valence-electron chi connectivity index (χ0n) is 17.1. The first-order chi connectivity index (χ1) is 13.2. The summed E-state index contributed by atoms with van der Waals surface area (Å²) in [5.74, 6) is -1.20. The number of benzene rings is 1. The van der Waals surface area contributed by atoms with Crippen molar-refractivity contribution in [3.63, 3.8) is 0 Å². The zero-order valence-corrected chi connectivity index (χ0v) is 17.1. The summed E-state index contributed by atoms with van der Waals surface area (Å²) in [5.41, 5.74) is 12.4. The number of rotatable bonds is 12. The molecule has 7 nitrogen and oxygen atoms in total. The molecule has 0 aliphatic carbocycles. The first-order valence-electron chi connectivity index (χ1n) is 9.94. The second kappa shape index (κ2) is 12.1. The molecule has 0 saturated heterocycles. The smallest absolute Gasteiger partial charge is 0.243 e. The molecule has 0 radical (unpaired) electrons. The van der Waals surface area contributed by atoms with Crippen molar-refractivity contribution in [3.8, 4) is 0 Å². The van der Waals surface area contributed by atoms with Crippen molar-refractivity contribution in [2.75, 3.05) is 0 Å². The molecule has 0 aromatic heterocycles. The van der Waals surface area contributed by atoms with E-state index in [9.17, 15) is 14.4 Å². The van der Waals surface area contributed by atoms with Gasteiger partial charge in [-0.2, -0.15) is 0 Å². The van der Waals surface area contributed by atoms with Crippen LogP contribution in [0.2, 0.25) is 0 Å². The standard InChI is InChI=1S/C21H34N4O3/c1-4-5-11-17(19(23)26)24-21(28)18(12-14(2)3)25-20(27)16(22)13-15-9-7-6-8-10-15/h6-10,14,16-18H,4-5,11-13,22H2,1-3H3,(H2,23,26)(H,24,28)(H,25,27)/t16-,17+,18+/m1/s1. The summed E-state index contributed by atoms with van der Waals surface area (Å²) in [6, 6.07) is 7.19. The Morgan fingerprint density at radius 3 is 2.14 bits per heavy atom. The molecule has 6 N–H and O–H groups in total. The van der Waals surface area contributed by atoms with Gasteiger partial charge < -0.3 is 22.1 Å². The van der Waals surface area contributed by atoms with Crippen molar-refractivity contribution in [2.45, 2.75) is 71.0 Å². The predicted molar refractivity (Wildman–Crippen MR) is 110 cm³/mol. The lowest BCUT2D eigenvalue weighted by molar-refractivity contribution is -0.132. The average Bonchev–Trinajstić information content (AvgIpc) is 2.64. The van der Waals surface area contributed by atoms with Gasteiger partial charge >= 0.3 is 0 Å². The lowest BCUT2D eigenvalue weighted by atomic mass is 10.0. The summed E-state index contributed by atoms with van der Waals surface area (Å²) < 4.78 is 0. The van der Waals surface area contributed by atoms with Crippen molar-refractivity contribution < 1.29 is 14.4 Å². The quantitative estimate of drug-likeness (QED) is 0.428. The summed E-state index contributed by atoms with van der Waals surface area (Å²) in [6.45, 7) is 5.91. The highest BCUT2D eigenvalue weighted by atomic mass is 16.2. The molecule has 0 unspecified atom stereocenters. The fourth-order valence-electron chi connectivity index (χ4n) is 2.91. The number of amides is 3. The lowest BCUT2D eigenvalue weighted by Gasteiger charge is -2.24. The first kappa shape index (κ1) is 23.6. The number of hydrogen-bond donors (Lipinski definition) is 4. The molecule has 0 spiro atoms. The Kier molecular flexibility index (Phi) is 10.2. The normalized spacial score (nSPS) is 14.2. The molecule has 0 heterocycles. The topological polar surface area (TPSA) is 127 Å². The maximum absolute atomic E-state index is 12.7. The van der Waals surface area contributed by atoms with Crippen LogP contribution in [0.1, 0.15) is 52.0 Å². The van der Waals surface area contributed by atoms with Gasteiger partial charge in [-0.25, -0.2) is 0 Å². The zero-order chi connectivity index (χ0) is 21.1. The largest absolute Gasteiger partial charge is 0.368 e. The van der Waals surface area contributed by atoms with Crippen LogP contribution >= 0.6 is 0 Å². The van der Waals surface area contributed by atoms with Crippen molar-refractivity contribution in [1.82, 2.24) is 10.6 Å². The van der Waals surface area contributed by atoms with Crippen molar-refractivity contribution in [3.05, 3.63) is 35.9 Å². The number of nitrogens with one attached hydrogen (secondary N) is 2. The van der Waals surface area contributed by atoms with Crippen LogP contribution in [0, 0.1) is 5.92 Å². The van der Waals surface area contributed by atoms with Gasteiger partial charge in [0.05, 0.1) is 6.04 Å². The Bertz CT molecular complexity index is 634. The molecule has 0 fully saturated rings. The predicted octanol–water partition coefficient (Wildman–Crippen LogP) is 1.25. The molecule has 1 aromatic rings. The van der Waals surface area contributed by atoms with E-state index in [4.69, 9.17) is 11.5 Å². The fraction of sp³-hybridized carbons (Fsp3) is 0.571. The van der Waals surface area contributed by atoms with Crippen molar-refractivity contribution in [2.24, 2.45) is 17.4 Å². The Labute approximate surface area is 167 Å². The van der Waals surface area contributed by atoms with Crippen LogP contribution in [0.15, 0.2) is 30.3 Å². The molecule has 3 amide bonds. The van der Waals surface area contributed by atoms with Gasteiger partial charge in [-0.05, 0) is 30.7 Å². The van der Waals surface area contributed by atoms with E-state index < -0.39 is 35.8 Å². The number of unbranched alkanes of at least 4 members (excludes halogenated alkanes) is 1. The molecular weight excluding hydrogens is 356 g/mol. The maximum atomic E-state index is 12.7. The van der Waals surface area contributed by atoms with E-state index in [0.717, 1.165) is 18.4 Å². The van der Waals surface area contributed by atoms with Crippen LogP contribution in [0.3, 0.4) is 0 Å². The summed E-state index contributed by atoms with van der Waals surface area (Å²) in [4.78, 5) is 36.8. The Hall–Kier alpha value is -2.41. The van der Waals surface area contributed by atoms with Crippen molar-refractivity contribution in [1.29, 1.82) is 0 Å². The minimum Gasteiger partial charge on any atom is -0.368 e.